The van der Waals surface area contributed by atoms with Crippen LogP contribution < -0.4 is 10.6 Å². The summed E-state index contributed by atoms with van der Waals surface area (Å²) in [6.45, 7) is 4.70. The number of rotatable bonds is 7. The first kappa shape index (κ1) is 16.4. The van der Waals surface area contributed by atoms with Crippen LogP contribution in [-0.2, 0) is 14.3 Å². The van der Waals surface area contributed by atoms with E-state index < -0.39 is 31.1 Å². The first-order valence-corrected chi connectivity index (χ1v) is 5.74. The number of imide groups is 1. The molecular formula is C11H20N2O5. The van der Waals surface area contributed by atoms with Crippen molar-refractivity contribution in [3.05, 3.63) is 0 Å². The average molecular weight is 260 g/mol. The monoisotopic (exact) mass is 260 g/mol. The molecule has 18 heavy (non-hydrogen) atoms. The second-order valence-corrected chi connectivity index (χ2v) is 4.16. The molecule has 0 fully saturated rings. The van der Waals surface area contributed by atoms with Crippen molar-refractivity contribution in [3.8, 4) is 0 Å². The van der Waals surface area contributed by atoms with E-state index in [1.807, 2.05) is 20.8 Å². The molecule has 0 saturated carbocycles. The van der Waals surface area contributed by atoms with E-state index in [9.17, 15) is 14.4 Å². The van der Waals surface area contributed by atoms with Crippen LogP contribution in [0.1, 0.15) is 33.6 Å². The van der Waals surface area contributed by atoms with Gasteiger partial charge in [0.2, 0.25) is 0 Å². The lowest BCUT2D eigenvalue weighted by Crippen LogP contribution is -2.51. The molecule has 0 spiro atoms. The molecule has 0 bridgehead atoms. The predicted octanol–water partition coefficient (Wildman–Crippen LogP) is 0.492. The molecule has 0 unspecified atom stereocenters. The van der Waals surface area contributed by atoms with Gasteiger partial charge in [0.05, 0.1) is 0 Å². The number of hydrogen-bond donors (Lipinski definition) is 3. The number of amides is 3. The second kappa shape index (κ2) is 7.65. The van der Waals surface area contributed by atoms with Crippen LogP contribution in [0, 0.1) is 0 Å². The van der Waals surface area contributed by atoms with Crippen LogP contribution >= 0.6 is 0 Å². The summed E-state index contributed by atoms with van der Waals surface area (Å²) in [5.41, 5.74) is -0.369. The summed E-state index contributed by atoms with van der Waals surface area (Å²) in [6.07, 6.45) is 1.47. The van der Waals surface area contributed by atoms with Gasteiger partial charge in [-0.1, -0.05) is 13.8 Å². The zero-order valence-electron chi connectivity index (χ0n) is 10.9. The SMILES string of the molecule is CCC(C)(CC)NC(=O)NC(=O)COCC(=O)O. The average Bonchev–Trinajstić information content (AvgIpc) is 2.28. The number of carboxylic acid groups (broad SMARTS) is 1. The smallest absolute Gasteiger partial charge is 0.329 e. The molecule has 0 saturated heterocycles. The highest BCUT2D eigenvalue weighted by atomic mass is 16.5. The van der Waals surface area contributed by atoms with E-state index in [1.165, 1.54) is 0 Å². The molecule has 0 aromatic heterocycles. The fourth-order valence-corrected chi connectivity index (χ4v) is 1.13. The lowest BCUT2D eigenvalue weighted by Gasteiger charge is -2.27. The molecule has 7 heteroatoms. The maximum absolute atomic E-state index is 11.5. The van der Waals surface area contributed by atoms with E-state index in [4.69, 9.17) is 5.11 Å². The molecule has 0 aromatic carbocycles. The Morgan fingerprint density at radius 2 is 1.72 bits per heavy atom. The minimum absolute atomic E-state index is 0.369. The van der Waals surface area contributed by atoms with E-state index in [0.717, 1.165) is 12.8 Å². The molecule has 0 aliphatic heterocycles. The van der Waals surface area contributed by atoms with Gasteiger partial charge in [-0.2, -0.15) is 0 Å². The zero-order valence-corrected chi connectivity index (χ0v) is 10.9. The van der Waals surface area contributed by atoms with Gasteiger partial charge < -0.3 is 15.2 Å². The fraction of sp³-hybridized carbons (Fsp3) is 0.727. The Morgan fingerprint density at radius 3 is 2.17 bits per heavy atom. The molecule has 7 nitrogen and oxygen atoms in total. The molecule has 3 N–H and O–H groups in total. The zero-order chi connectivity index (χ0) is 14.2. The van der Waals surface area contributed by atoms with Crippen LogP contribution in [0.5, 0.6) is 0 Å². The molecule has 0 heterocycles. The third kappa shape index (κ3) is 6.85. The highest BCUT2D eigenvalue weighted by Gasteiger charge is 2.22. The van der Waals surface area contributed by atoms with Crippen LogP contribution in [0.4, 0.5) is 4.79 Å². The van der Waals surface area contributed by atoms with Gasteiger partial charge in [-0.25, -0.2) is 9.59 Å². The number of carbonyl (C=O) groups is 3. The molecule has 0 atom stereocenters. The fourth-order valence-electron chi connectivity index (χ4n) is 1.13. The number of aliphatic carboxylic acids is 1. The quantitative estimate of drug-likeness (QED) is 0.618. The highest BCUT2D eigenvalue weighted by molar-refractivity contribution is 5.95. The lowest BCUT2D eigenvalue weighted by molar-refractivity contribution is -0.143. The van der Waals surface area contributed by atoms with Crippen LogP contribution in [0.15, 0.2) is 0 Å². The standard InChI is InChI=1S/C11H20N2O5/c1-4-11(3,5-2)13-10(17)12-8(14)6-18-7-9(15)16/h4-7H2,1-3H3,(H,15,16)(H2,12,13,14,17). The van der Waals surface area contributed by atoms with Crippen LogP contribution in [0.3, 0.4) is 0 Å². The Labute approximate surface area is 106 Å². The van der Waals surface area contributed by atoms with Gasteiger partial charge >= 0.3 is 12.0 Å². The largest absolute Gasteiger partial charge is 0.480 e. The summed E-state index contributed by atoms with van der Waals surface area (Å²) < 4.78 is 4.55. The number of nitrogens with one attached hydrogen (secondary N) is 2. The van der Waals surface area contributed by atoms with Crippen LogP contribution in [-0.4, -0.2) is 41.8 Å². The van der Waals surface area contributed by atoms with E-state index in [1.54, 1.807) is 0 Å². The van der Waals surface area contributed by atoms with Gasteiger partial charge in [-0.05, 0) is 19.8 Å². The Bertz CT molecular complexity index is 313. The Balaban J connectivity index is 4.01. The normalized spacial score (nSPS) is 10.8. The molecule has 0 aromatic rings. The number of carbonyl (C=O) groups excluding carboxylic acids is 2. The van der Waals surface area contributed by atoms with Crippen molar-refractivity contribution in [1.82, 2.24) is 10.6 Å². The molecule has 0 aliphatic carbocycles. The highest BCUT2D eigenvalue weighted by Crippen LogP contribution is 2.12. The molecule has 0 radical (unpaired) electrons. The summed E-state index contributed by atoms with van der Waals surface area (Å²) in [5, 5.41) is 13.0. The molecule has 0 rings (SSSR count). The molecular weight excluding hydrogens is 240 g/mol. The van der Waals surface area contributed by atoms with E-state index >= 15 is 0 Å². The van der Waals surface area contributed by atoms with Gasteiger partial charge in [0.15, 0.2) is 0 Å². The predicted molar refractivity (Wildman–Crippen MR) is 64.1 cm³/mol. The third-order valence-corrected chi connectivity index (χ3v) is 2.69. The van der Waals surface area contributed by atoms with Crippen molar-refractivity contribution in [3.63, 3.8) is 0 Å². The summed E-state index contributed by atoms with van der Waals surface area (Å²) in [4.78, 5) is 32.8. The van der Waals surface area contributed by atoms with Crippen molar-refractivity contribution in [2.75, 3.05) is 13.2 Å². The summed E-state index contributed by atoms with van der Waals surface area (Å²) >= 11 is 0. The van der Waals surface area contributed by atoms with Crippen LogP contribution in [0.25, 0.3) is 0 Å². The maximum atomic E-state index is 11.5. The molecule has 3 amide bonds. The van der Waals surface area contributed by atoms with Crippen molar-refractivity contribution in [2.24, 2.45) is 0 Å². The topological polar surface area (TPSA) is 105 Å². The number of ether oxygens (including phenoxy) is 1. The van der Waals surface area contributed by atoms with Gasteiger partial charge in [-0.3, -0.25) is 10.1 Å². The maximum Gasteiger partial charge on any atom is 0.329 e. The summed E-state index contributed by atoms with van der Waals surface area (Å²) in [7, 11) is 0. The number of urea groups is 1. The Morgan fingerprint density at radius 1 is 1.17 bits per heavy atom. The van der Waals surface area contributed by atoms with Gasteiger partial charge in [0, 0.05) is 5.54 Å². The first-order chi connectivity index (χ1) is 8.33. The number of hydrogen-bond acceptors (Lipinski definition) is 4. The van der Waals surface area contributed by atoms with Gasteiger partial charge in [0.25, 0.3) is 5.91 Å². The third-order valence-electron chi connectivity index (χ3n) is 2.69. The van der Waals surface area contributed by atoms with E-state index in [0.29, 0.717) is 0 Å². The van der Waals surface area contributed by atoms with E-state index in [2.05, 4.69) is 15.4 Å². The summed E-state index contributed by atoms with van der Waals surface area (Å²) in [5.74, 6) is -1.85. The van der Waals surface area contributed by atoms with Crippen molar-refractivity contribution in [1.29, 1.82) is 0 Å². The molecule has 0 aliphatic rings. The minimum Gasteiger partial charge on any atom is -0.480 e. The lowest BCUT2D eigenvalue weighted by atomic mass is 9.96. The van der Waals surface area contributed by atoms with Crippen molar-refractivity contribution >= 4 is 17.9 Å². The van der Waals surface area contributed by atoms with E-state index in [-0.39, 0.29) is 5.54 Å². The Kier molecular flexibility index (Phi) is 6.96. The van der Waals surface area contributed by atoms with Gasteiger partial charge in [-0.15, -0.1) is 0 Å². The number of carboxylic acids is 1. The second-order valence-electron chi connectivity index (χ2n) is 4.16. The minimum atomic E-state index is -1.17. The first-order valence-electron chi connectivity index (χ1n) is 5.74. The van der Waals surface area contributed by atoms with Gasteiger partial charge in [0.1, 0.15) is 13.2 Å². The summed E-state index contributed by atoms with van der Waals surface area (Å²) in [6, 6.07) is -0.606. The van der Waals surface area contributed by atoms with Crippen molar-refractivity contribution < 1.29 is 24.2 Å². The Hall–Kier alpha value is -1.63. The molecule has 104 valence electrons. The van der Waals surface area contributed by atoms with Crippen LogP contribution in [0.2, 0.25) is 0 Å². The van der Waals surface area contributed by atoms with Crippen molar-refractivity contribution in [2.45, 2.75) is 39.2 Å².